The lowest BCUT2D eigenvalue weighted by Crippen LogP contribution is -2.19. The van der Waals surface area contributed by atoms with Crippen molar-refractivity contribution < 1.29 is 14.3 Å². The van der Waals surface area contributed by atoms with E-state index in [9.17, 15) is 4.79 Å². The first-order chi connectivity index (χ1) is 15.6. The van der Waals surface area contributed by atoms with E-state index in [-0.39, 0.29) is 12.0 Å². The second-order valence-corrected chi connectivity index (χ2v) is 8.67. The maximum atomic E-state index is 12.3. The molecule has 0 fully saturated rings. The fourth-order valence-electron chi connectivity index (χ4n) is 3.81. The number of rotatable bonds is 8. The van der Waals surface area contributed by atoms with Gasteiger partial charge in [0.15, 0.2) is 0 Å². The number of hydrogen-bond donors (Lipinski definition) is 2. The molecule has 0 aliphatic heterocycles. The summed E-state index contributed by atoms with van der Waals surface area (Å²) in [5.41, 5.74) is 12.5. The molecule has 2 aromatic carbocycles. The van der Waals surface area contributed by atoms with Gasteiger partial charge in [-0.3, -0.25) is 0 Å². The van der Waals surface area contributed by atoms with E-state index >= 15 is 0 Å². The summed E-state index contributed by atoms with van der Waals surface area (Å²) in [6.45, 7) is 5.40. The summed E-state index contributed by atoms with van der Waals surface area (Å²) in [5.74, 6) is 0.541. The summed E-state index contributed by atoms with van der Waals surface area (Å²) in [4.78, 5) is 13.3. The first-order valence-electron chi connectivity index (χ1n) is 10.8. The summed E-state index contributed by atoms with van der Waals surface area (Å²) in [6, 6.07) is 16.1. The Kier molecular flexibility index (Phi) is 6.93. The van der Waals surface area contributed by atoms with Crippen LogP contribution in [0.4, 0.5) is 5.69 Å². The average molecular weight is 449 g/mol. The number of anilines is 1. The predicted molar refractivity (Wildman–Crippen MR) is 130 cm³/mol. The zero-order valence-corrected chi connectivity index (χ0v) is 19.2. The number of esters is 1. The molecule has 3 aromatic rings. The third kappa shape index (κ3) is 4.87. The third-order valence-corrected chi connectivity index (χ3v) is 6.60. The van der Waals surface area contributed by atoms with E-state index < -0.39 is 0 Å². The van der Waals surface area contributed by atoms with Gasteiger partial charge in [0, 0.05) is 29.2 Å². The molecule has 0 spiro atoms. The maximum Gasteiger partial charge on any atom is 0.339 e. The number of hydrogen-bond acceptors (Lipinski definition) is 6. The molecule has 0 saturated heterocycles. The normalized spacial score (nSPS) is 15.0. The topological polar surface area (TPSA) is 73.6 Å². The van der Waals surface area contributed by atoms with Crippen molar-refractivity contribution in [1.82, 2.24) is 0 Å². The Morgan fingerprint density at radius 1 is 1.22 bits per heavy atom. The van der Waals surface area contributed by atoms with Crippen molar-refractivity contribution in [3.63, 3.8) is 0 Å². The maximum absolute atomic E-state index is 12.3. The fraction of sp³-hybridized carbons (Fsp3) is 0.269. The third-order valence-electron chi connectivity index (χ3n) is 5.52. The molecule has 1 aliphatic rings. The van der Waals surface area contributed by atoms with Crippen LogP contribution in [-0.2, 0) is 22.7 Å². The Morgan fingerprint density at radius 2 is 2.03 bits per heavy atom. The minimum Gasteiger partial charge on any atom is -0.489 e. The van der Waals surface area contributed by atoms with Gasteiger partial charge < -0.3 is 20.5 Å². The number of nitrogens with one attached hydrogen (secondary N) is 1. The Hall–Kier alpha value is -3.09. The number of aryl methyl sites for hydroxylation is 1. The van der Waals surface area contributed by atoms with Crippen LogP contribution in [0.2, 0.25) is 0 Å². The molecule has 4 rings (SSSR count). The van der Waals surface area contributed by atoms with Crippen LogP contribution in [-0.4, -0.2) is 12.6 Å². The summed E-state index contributed by atoms with van der Waals surface area (Å²) >= 11 is 1.55. The lowest BCUT2D eigenvalue weighted by Gasteiger charge is -2.21. The highest BCUT2D eigenvalue weighted by molar-refractivity contribution is 7.12. The van der Waals surface area contributed by atoms with Gasteiger partial charge in [-0.15, -0.1) is 11.3 Å². The van der Waals surface area contributed by atoms with Crippen molar-refractivity contribution >= 4 is 28.6 Å². The standard InChI is InChI=1S/C26H28N2O3S/c1-3-30-26(29)21-11-12-22(27)24-19(16-32-25(21)24)14-28-23-13-20(10-9-17(23)2)31-15-18-7-5-4-6-8-18/h4-11,13,16,22,28H,3,12,14-15,27H2,1-2H3. The van der Waals surface area contributed by atoms with Gasteiger partial charge in [-0.2, -0.15) is 0 Å². The Morgan fingerprint density at radius 3 is 2.81 bits per heavy atom. The Labute approximate surface area is 192 Å². The van der Waals surface area contributed by atoms with Crippen LogP contribution >= 0.6 is 11.3 Å². The molecule has 32 heavy (non-hydrogen) atoms. The number of ether oxygens (including phenoxy) is 2. The fourth-order valence-corrected chi connectivity index (χ4v) is 4.98. The van der Waals surface area contributed by atoms with Crippen molar-refractivity contribution in [3.05, 3.63) is 87.1 Å². The van der Waals surface area contributed by atoms with Crippen LogP contribution < -0.4 is 15.8 Å². The van der Waals surface area contributed by atoms with Crippen LogP contribution in [0.1, 0.15) is 46.5 Å². The minimum atomic E-state index is -0.277. The van der Waals surface area contributed by atoms with E-state index in [0.29, 0.717) is 31.8 Å². The van der Waals surface area contributed by atoms with Crippen molar-refractivity contribution in [2.24, 2.45) is 5.73 Å². The zero-order valence-electron chi connectivity index (χ0n) is 18.4. The van der Waals surface area contributed by atoms with E-state index in [4.69, 9.17) is 15.2 Å². The number of carbonyl (C=O) groups is 1. The van der Waals surface area contributed by atoms with Gasteiger partial charge >= 0.3 is 5.97 Å². The molecule has 1 aromatic heterocycles. The van der Waals surface area contributed by atoms with Crippen molar-refractivity contribution in [2.45, 2.75) is 39.5 Å². The summed E-state index contributed by atoms with van der Waals surface area (Å²) in [7, 11) is 0. The van der Waals surface area contributed by atoms with Crippen LogP contribution in [0, 0.1) is 6.92 Å². The van der Waals surface area contributed by atoms with Gasteiger partial charge in [0.25, 0.3) is 0 Å². The van der Waals surface area contributed by atoms with Crippen LogP contribution in [0.15, 0.2) is 60.0 Å². The highest BCUT2D eigenvalue weighted by Gasteiger charge is 2.28. The molecule has 5 nitrogen and oxygen atoms in total. The molecule has 0 saturated carbocycles. The smallest absolute Gasteiger partial charge is 0.339 e. The number of benzene rings is 2. The molecule has 0 bridgehead atoms. The van der Waals surface area contributed by atoms with Gasteiger partial charge in [-0.05, 0) is 54.0 Å². The molecule has 6 heteroatoms. The van der Waals surface area contributed by atoms with Gasteiger partial charge in [-0.1, -0.05) is 42.5 Å². The average Bonchev–Trinajstić information content (AvgIpc) is 3.23. The van der Waals surface area contributed by atoms with Gasteiger partial charge in [0.05, 0.1) is 12.2 Å². The van der Waals surface area contributed by atoms with Crippen molar-refractivity contribution in [2.75, 3.05) is 11.9 Å². The molecule has 1 atom stereocenters. The van der Waals surface area contributed by atoms with Crippen LogP contribution in [0.3, 0.4) is 0 Å². The van der Waals surface area contributed by atoms with Crippen molar-refractivity contribution in [1.29, 1.82) is 0 Å². The second kappa shape index (κ2) is 10.0. The summed E-state index contributed by atoms with van der Waals surface area (Å²) in [5, 5.41) is 5.61. The second-order valence-electron chi connectivity index (χ2n) is 7.79. The molecule has 1 aliphatic carbocycles. The predicted octanol–water partition coefficient (Wildman–Crippen LogP) is 5.60. The van der Waals surface area contributed by atoms with Gasteiger partial charge in [0.2, 0.25) is 0 Å². The monoisotopic (exact) mass is 448 g/mol. The minimum absolute atomic E-state index is 0.118. The Balaban J connectivity index is 1.47. The van der Waals surface area contributed by atoms with E-state index in [1.807, 2.05) is 43.3 Å². The number of nitrogens with two attached hydrogens (primary N) is 1. The SMILES string of the molecule is CCOC(=O)C1=CCC(N)c2c(CNc3cc(OCc4ccccc4)ccc3C)csc21. The summed E-state index contributed by atoms with van der Waals surface area (Å²) < 4.78 is 11.2. The van der Waals surface area contributed by atoms with E-state index in [2.05, 4.69) is 35.8 Å². The van der Waals surface area contributed by atoms with E-state index in [0.717, 1.165) is 38.6 Å². The molecule has 1 unspecified atom stereocenters. The van der Waals surface area contributed by atoms with Gasteiger partial charge in [-0.25, -0.2) is 4.79 Å². The van der Waals surface area contributed by atoms with E-state index in [1.54, 1.807) is 11.3 Å². The molecule has 3 N–H and O–H groups in total. The molecule has 1 heterocycles. The van der Waals surface area contributed by atoms with Crippen LogP contribution in [0.5, 0.6) is 5.75 Å². The van der Waals surface area contributed by atoms with Gasteiger partial charge in [0.1, 0.15) is 12.4 Å². The Bertz CT molecular complexity index is 1120. The molecular weight excluding hydrogens is 420 g/mol. The number of carbonyl (C=O) groups excluding carboxylic acids is 1. The number of fused-ring (bicyclic) bond motifs is 1. The highest BCUT2D eigenvalue weighted by Crippen LogP contribution is 2.39. The summed E-state index contributed by atoms with van der Waals surface area (Å²) in [6.07, 6.45) is 2.53. The highest BCUT2D eigenvalue weighted by atomic mass is 32.1. The van der Waals surface area contributed by atoms with Crippen LogP contribution in [0.25, 0.3) is 5.57 Å². The van der Waals surface area contributed by atoms with Crippen molar-refractivity contribution in [3.8, 4) is 5.75 Å². The quantitative estimate of drug-likeness (QED) is 0.439. The van der Waals surface area contributed by atoms with E-state index in [1.165, 1.54) is 0 Å². The largest absolute Gasteiger partial charge is 0.489 e. The zero-order chi connectivity index (χ0) is 22.5. The molecule has 0 radical (unpaired) electrons. The molecule has 166 valence electrons. The molecule has 0 amide bonds. The lowest BCUT2D eigenvalue weighted by atomic mass is 9.91. The number of thiophene rings is 1. The first kappa shape index (κ1) is 22.1. The lowest BCUT2D eigenvalue weighted by molar-refractivity contribution is -0.136. The molecular formula is C26H28N2O3S. The first-order valence-corrected chi connectivity index (χ1v) is 11.7.